The van der Waals surface area contributed by atoms with Gasteiger partial charge in [0.15, 0.2) is 24.1 Å². The van der Waals surface area contributed by atoms with Gasteiger partial charge in [0, 0.05) is 24.2 Å². The minimum absolute atomic E-state index is 0.110. The van der Waals surface area contributed by atoms with E-state index in [-0.39, 0.29) is 24.3 Å². The van der Waals surface area contributed by atoms with E-state index >= 15 is 0 Å². The lowest BCUT2D eigenvalue weighted by atomic mass is 9.68. The highest BCUT2D eigenvalue weighted by Gasteiger charge is 2.58. The van der Waals surface area contributed by atoms with Gasteiger partial charge in [0.05, 0.1) is 42.8 Å². The van der Waals surface area contributed by atoms with Gasteiger partial charge < -0.3 is 43.5 Å². The van der Waals surface area contributed by atoms with Gasteiger partial charge in [0.1, 0.15) is 11.9 Å². The lowest BCUT2D eigenvalue weighted by molar-refractivity contribution is -0.296. The van der Waals surface area contributed by atoms with E-state index in [1.165, 1.54) is 13.8 Å². The van der Waals surface area contributed by atoms with E-state index in [4.69, 9.17) is 28.4 Å². The molecule has 3 aliphatic rings. The number of hydrogen-bond acceptors (Lipinski definition) is 13. The van der Waals surface area contributed by atoms with Crippen LogP contribution in [0.1, 0.15) is 75.2 Å². The first kappa shape index (κ1) is 37.1. The molecule has 0 radical (unpaired) electrons. The molecule has 45 heavy (non-hydrogen) atoms. The number of Topliss-reactive ketones (excluding diaryl/α,β-unsaturated/α-hetero) is 1. The van der Waals surface area contributed by atoms with Gasteiger partial charge in [-0.3, -0.25) is 14.4 Å². The van der Waals surface area contributed by atoms with Crippen LogP contribution in [0.25, 0.3) is 0 Å². The predicted octanol–water partition coefficient (Wildman–Crippen LogP) is 2.47. The summed E-state index contributed by atoms with van der Waals surface area (Å²) in [7, 11) is 3.73. The molecule has 0 bridgehead atoms. The normalized spacial score (nSPS) is 45.2. The summed E-state index contributed by atoms with van der Waals surface area (Å²) >= 11 is 0. The fourth-order valence-corrected chi connectivity index (χ4v) is 7.26. The Morgan fingerprint density at radius 1 is 1.02 bits per heavy atom. The van der Waals surface area contributed by atoms with Crippen LogP contribution in [0.3, 0.4) is 0 Å². The standard InChI is InChI=1S/C32H53NO12/c1-15-13-31(8,14-34)26(43-29-25(42-21(7)35)22(33(10)11)12-16(2)40-29)18(4)24(37)19(5)28(38)41-20(6)32(9)27(17(3)23(15)36)44-30(39)45-32/h15-20,22,24-27,29,34,37H,12-14H2,1-11H3/t15-,16-,17+,18+,19-,20-,22+,24+,25-,26-,27-,29?,31+,32-/m1/s1. The van der Waals surface area contributed by atoms with Gasteiger partial charge in [0.25, 0.3) is 0 Å². The molecule has 258 valence electrons. The average Bonchev–Trinajstić information content (AvgIpc) is 3.28. The van der Waals surface area contributed by atoms with Crippen molar-refractivity contribution in [1.82, 2.24) is 4.90 Å². The molecule has 3 rings (SSSR count). The summed E-state index contributed by atoms with van der Waals surface area (Å²) in [5, 5.41) is 22.5. The zero-order valence-electron chi connectivity index (χ0n) is 28.5. The third-order valence-electron chi connectivity index (χ3n) is 10.1. The Morgan fingerprint density at radius 3 is 2.20 bits per heavy atom. The van der Waals surface area contributed by atoms with Crippen LogP contribution in [0.5, 0.6) is 0 Å². The maximum Gasteiger partial charge on any atom is 0.509 e. The maximum atomic E-state index is 13.9. The molecule has 0 aliphatic carbocycles. The number of carbonyl (C=O) groups is 4. The van der Waals surface area contributed by atoms with E-state index < -0.39 is 96.2 Å². The number of ether oxygens (including phenoxy) is 6. The van der Waals surface area contributed by atoms with Crippen LogP contribution < -0.4 is 0 Å². The Balaban J connectivity index is 2.10. The molecule has 0 spiro atoms. The molecule has 0 amide bonds. The van der Waals surface area contributed by atoms with Crippen LogP contribution in [-0.2, 0) is 42.8 Å². The molecule has 2 N–H and O–H groups in total. The number of ketones is 1. The Morgan fingerprint density at radius 2 is 1.64 bits per heavy atom. The van der Waals surface area contributed by atoms with Crippen molar-refractivity contribution in [3.05, 3.63) is 0 Å². The summed E-state index contributed by atoms with van der Waals surface area (Å²) in [6, 6.07) is -0.260. The zero-order valence-corrected chi connectivity index (χ0v) is 28.5. The SMILES string of the molecule is CC(=O)O[C@H]1C(O[C@@H]2[C@@H](C)[C@H](O)[C@@H](C)C(=O)O[C@H](C)[C@@]3(C)OC(=O)O[C@@H]3[C@@H](C)C(=O)[C@H](C)C[C@@]2(C)CO)O[C@H](C)C[C@@H]1N(C)C. The van der Waals surface area contributed by atoms with E-state index in [0.29, 0.717) is 6.42 Å². The maximum absolute atomic E-state index is 13.9. The molecule has 3 heterocycles. The highest BCUT2D eigenvalue weighted by atomic mass is 16.8. The number of nitrogens with zero attached hydrogens (tertiary/aromatic N) is 1. The molecule has 3 fully saturated rings. The highest BCUT2D eigenvalue weighted by Crippen LogP contribution is 2.43. The van der Waals surface area contributed by atoms with Crippen molar-refractivity contribution in [3.8, 4) is 0 Å². The summed E-state index contributed by atoms with van der Waals surface area (Å²) in [4.78, 5) is 53.7. The fraction of sp³-hybridized carbons (Fsp3) is 0.875. The Bertz CT molecular complexity index is 1100. The number of cyclic esters (lactones) is 1. The summed E-state index contributed by atoms with van der Waals surface area (Å²) < 4.78 is 35.3. The van der Waals surface area contributed by atoms with Gasteiger partial charge in [-0.1, -0.05) is 27.7 Å². The first-order valence-corrected chi connectivity index (χ1v) is 15.8. The summed E-state index contributed by atoms with van der Waals surface area (Å²) in [6.45, 7) is 14.1. The number of rotatable bonds is 5. The Labute approximate surface area is 266 Å². The molecule has 0 aromatic heterocycles. The third kappa shape index (κ3) is 7.64. The smallest absolute Gasteiger partial charge is 0.458 e. The molecule has 13 nitrogen and oxygen atoms in total. The number of aliphatic hydroxyl groups is 2. The van der Waals surface area contributed by atoms with Gasteiger partial charge in [-0.25, -0.2) is 4.79 Å². The average molecular weight is 644 g/mol. The summed E-state index contributed by atoms with van der Waals surface area (Å²) in [5.74, 6) is -4.93. The lowest BCUT2D eigenvalue weighted by Gasteiger charge is -2.48. The second-order valence-corrected chi connectivity index (χ2v) is 14.1. The first-order valence-electron chi connectivity index (χ1n) is 15.8. The number of hydrogen-bond donors (Lipinski definition) is 2. The van der Waals surface area contributed by atoms with Gasteiger partial charge in [-0.15, -0.1) is 0 Å². The molecular formula is C32H53NO12. The third-order valence-corrected chi connectivity index (χ3v) is 10.1. The molecule has 14 atom stereocenters. The molecule has 3 saturated heterocycles. The molecule has 0 saturated carbocycles. The van der Waals surface area contributed by atoms with Crippen LogP contribution in [0, 0.1) is 29.1 Å². The van der Waals surface area contributed by atoms with Crippen LogP contribution in [0.2, 0.25) is 0 Å². The van der Waals surface area contributed by atoms with Crippen molar-refractivity contribution in [1.29, 1.82) is 0 Å². The second kappa shape index (κ2) is 14.2. The van der Waals surface area contributed by atoms with Crippen molar-refractivity contribution in [2.24, 2.45) is 29.1 Å². The highest BCUT2D eigenvalue weighted by molar-refractivity contribution is 5.84. The number of esters is 2. The second-order valence-electron chi connectivity index (χ2n) is 14.1. The van der Waals surface area contributed by atoms with Crippen molar-refractivity contribution in [3.63, 3.8) is 0 Å². The van der Waals surface area contributed by atoms with Crippen LogP contribution in [0.15, 0.2) is 0 Å². The first-order chi connectivity index (χ1) is 20.8. The number of aliphatic hydroxyl groups excluding tert-OH is 2. The quantitative estimate of drug-likeness (QED) is 0.332. The van der Waals surface area contributed by atoms with Gasteiger partial charge >= 0.3 is 18.1 Å². The molecule has 1 unspecified atom stereocenters. The monoisotopic (exact) mass is 643 g/mol. The van der Waals surface area contributed by atoms with Gasteiger partial charge in [0.2, 0.25) is 0 Å². The number of likely N-dealkylation sites (N-methyl/N-ethyl adjacent to an activating group) is 1. The van der Waals surface area contributed by atoms with Gasteiger partial charge in [-0.05, 0) is 54.6 Å². The van der Waals surface area contributed by atoms with Crippen LogP contribution in [-0.4, -0.2) is 114 Å². The molecule has 0 aromatic rings. The minimum atomic E-state index is -1.46. The largest absolute Gasteiger partial charge is 0.509 e. The molecule has 0 aromatic carbocycles. The zero-order chi connectivity index (χ0) is 34.2. The molecule has 3 aliphatic heterocycles. The summed E-state index contributed by atoms with van der Waals surface area (Å²) in [6.07, 6.45) is -6.91. The minimum Gasteiger partial charge on any atom is -0.458 e. The summed E-state index contributed by atoms with van der Waals surface area (Å²) in [5.41, 5.74) is -2.63. The molecular weight excluding hydrogens is 590 g/mol. The van der Waals surface area contributed by atoms with E-state index in [1.807, 2.05) is 25.9 Å². The van der Waals surface area contributed by atoms with Crippen molar-refractivity contribution in [2.75, 3.05) is 20.7 Å². The van der Waals surface area contributed by atoms with Crippen LogP contribution >= 0.6 is 0 Å². The number of fused-ring (bicyclic) bond motifs is 1. The van der Waals surface area contributed by atoms with E-state index in [0.717, 1.165) is 0 Å². The molecule has 13 heteroatoms. The van der Waals surface area contributed by atoms with Crippen molar-refractivity contribution < 1.29 is 57.8 Å². The van der Waals surface area contributed by atoms with Crippen molar-refractivity contribution >= 4 is 23.9 Å². The predicted molar refractivity (Wildman–Crippen MR) is 160 cm³/mol. The van der Waals surface area contributed by atoms with Gasteiger partial charge in [-0.2, -0.15) is 0 Å². The lowest BCUT2D eigenvalue weighted by Crippen LogP contribution is -2.59. The fourth-order valence-electron chi connectivity index (χ4n) is 7.26. The van der Waals surface area contributed by atoms with Crippen LogP contribution in [0.4, 0.5) is 4.79 Å². The van der Waals surface area contributed by atoms with E-state index in [2.05, 4.69) is 0 Å². The Kier molecular flexibility index (Phi) is 11.7. The van der Waals surface area contributed by atoms with E-state index in [9.17, 15) is 29.4 Å². The Hall–Kier alpha value is -2.32. The topological polar surface area (TPSA) is 167 Å². The number of carbonyl (C=O) groups excluding carboxylic acids is 4. The van der Waals surface area contributed by atoms with Crippen molar-refractivity contribution in [2.45, 2.75) is 130 Å². The van der Waals surface area contributed by atoms with E-state index in [1.54, 1.807) is 41.5 Å².